The smallest absolute Gasteiger partial charge is 0.319 e. The lowest BCUT2D eigenvalue weighted by Gasteiger charge is -2.58. The van der Waals surface area contributed by atoms with E-state index >= 15 is 0 Å². The van der Waals surface area contributed by atoms with Gasteiger partial charge in [0.25, 0.3) is 0 Å². The minimum Gasteiger partial charge on any atom is -0.480 e. The third-order valence-corrected chi connectivity index (χ3v) is 6.37. The Kier molecular flexibility index (Phi) is 4.05. The van der Waals surface area contributed by atoms with Crippen LogP contribution in [-0.4, -0.2) is 28.8 Å². The largest absolute Gasteiger partial charge is 0.480 e. The van der Waals surface area contributed by atoms with E-state index in [1.54, 1.807) is 24.3 Å². The normalized spacial score (nSPS) is 24.7. The Hall–Kier alpha value is -2.70. The van der Waals surface area contributed by atoms with Gasteiger partial charge in [-0.05, 0) is 55.2 Å². The number of imide groups is 1. The maximum Gasteiger partial charge on any atom is 0.319 e. The van der Waals surface area contributed by atoms with E-state index in [9.17, 15) is 24.3 Å². The number of amides is 3. The zero-order valence-electron chi connectivity index (χ0n) is 14.9. The van der Waals surface area contributed by atoms with Gasteiger partial charge in [-0.25, -0.2) is 0 Å². The molecule has 0 aromatic heterocycles. The van der Waals surface area contributed by atoms with Crippen molar-refractivity contribution in [1.82, 2.24) is 5.32 Å². The summed E-state index contributed by atoms with van der Waals surface area (Å²) >= 11 is 0. The molecule has 7 nitrogen and oxygen atoms in total. The van der Waals surface area contributed by atoms with E-state index in [4.69, 9.17) is 0 Å². The first-order valence-corrected chi connectivity index (χ1v) is 9.30. The second-order valence-corrected chi connectivity index (χ2v) is 8.26. The van der Waals surface area contributed by atoms with Crippen molar-refractivity contribution in [3.8, 4) is 0 Å². The molecule has 0 bridgehead atoms. The molecular formula is C20H22N2O5. The molecule has 1 spiro atoms. The number of carboxylic acid groups (broad SMARTS) is 1. The summed E-state index contributed by atoms with van der Waals surface area (Å²) in [6.45, 7) is 0. The molecule has 1 aromatic carbocycles. The molecule has 1 unspecified atom stereocenters. The average molecular weight is 370 g/mol. The third kappa shape index (κ3) is 3.01. The second-order valence-electron chi connectivity index (χ2n) is 8.26. The molecule has 1 heterocycles. The number of nitrogens with one attached hydrogen (secondary N) is 2. The highest BCUT2D eigenvalue weighted by Gasteiger charge is 2.65. The topological polar surface area (TPSA) is 113 Å². The molecule has 142 valence electrons. The fourth-order valence-corrected chi connectivity index (χ4v) is 4.70. The van der Waals surface area contributed by atoms with Gasteiger partial charge in [-0.15, -0.1) is 0 Å². The maximum absolute atomic E-state index is 12.6. The minimum atomic E-state index is -1.32. The first kappa shape index (κ1) is 17.7. The quantitative estimate of drug-likeness (QED) is 0.541. The molecule has 1 saturated heterocycles. The lowest BCUT2D eigenvalue weighted by Crippen LogP contribution is -2.59. The van der Waals surface area contributed by atoms with E-state index < -0.39 is 17.3 Å². The van der Waals surface area contributed by atoms with Gasteiger partial charge in [0, 0.05) is 12.1 Å². The Bertz CT molecular complexity index is 817. The van der Waals surface area contributed by atoms with Crippen LogP contribution in [0.15, 0.2) is 24.3 Å². The predicted molar refractivity (Wildman–Crippen MR) is 95.6 cm³/mol. The van der Waals surface area contributed by atoms with Crippen LogP contribution in [0.3, 0.4) is 0 Å². The second kappa shape index (κ2) is 6.18. The van der Waals surface area contributed by atoms with E-state index in [2.05, 4.69) is 10.6 Å². The number of carbonyl (C=O) groups excluding carboxylic acids is 3. The van der Waals surface area contributed by atoms with Crippen LogP contribution in [0.2, 0.25) is 0 Å². The Morgan fingerprint density at radius 2 is 1.81 bits per heavy atom. The zero-order chi connectivity index (χ0) is 19.2. The standard InChI is InChI=1S/C20H22N2O5/c23-15-9-13(16(24)22-15)8-12-2-4-14(5-3-12)21-17(25)20(18(26)27)10-19(11-20)6-1-7-19/h2-5,13H,1,6-11H2,(H,21,25)(H,26,27)(H,22,23,24). The molecule has 2 saturated carbocycles. The minimum absolute atomic E-state index is 0.0683. The van der Waals surface area contributed by atoms with Crippen molar-refractivity contribution in [2.75, 3.05) is 5.32 Å². The Labute approximate surface area is 156 Å². The molecule has 1 atom stereocenters. The fourth-order valence-electron chi connectivity index (χ4n) is 4.70. The van der Waals surface area contributed by atoms with E-state index in [1.165, 1.54) is 0 Å². The summed E-state index contributed by atoms with van der Waals surface area (Å²) in [5.74, 6) is -2.37. The molecule has 0 radical (unpaired) electrons. The van der Waals surface area contributed by atoms with E-state index in [0.29, 0.717) is 24.9 Å². The Morgan fingerprint density at radius 3 is 2.30 bits per heavy atom. The van der Waals surface area contributed by atoms with Crippen LogP contribution in [-0.2, 0) is 25.6 Å². The number of anilines is 1. The van der Waals surface area contributed by atoms with Crippen molar-refractivity contribution in [3.05, 3.63) is 29.8 Å². The van der Waals surface area contributed by atoms with Gasteiger partial charge in [0.1, 0.15) is 5.41 Å². The summed E-state index contributed by atoms with van der Waals surface area (Å²) in [7, 11) is 0. The molecule has 2 aliphatic carbocycles. The highest BCUT2D eigenvalue weighted by Crippen LogP contribution is 2.64. The molecule has 1 aliphatic heterocycles. The van der Waals surface area contributed by atoms with E-state index in [0.717, 1.165) is 24.8 Å². The molecule has 4 rings (SSSR count). The van der Waals surface area contributed by atoms with Gasteiger partial charge in [-0.2, -0.15) is 0 Å². The molecule has 1 aromatic rings. The SMILES string of the molecule is O=C1CC(Cc2ccc(NC(=O)C3(C(=O)O)CC4(CCC4)C3)cc2)C(=O)N1. The monoisotopic (exact) mass is 370 g/mol. The molecule has 7 heteroatoms. The van der Waals surface area contributed by atoms with Crippen LogP contribution >= 0.6 is 0 Å². The lowest BCUT2D eigenvalue weighted by molar-refractivity contribution is -0.178. The van der Waals surface area contributed by atoms with Crippen LogP contribution in [0.4, 0.5) is 5.69 Å². The van der Waals surface area contributed by atoms with Crippen LogP contribution < -0.4 is 10.6 Å². The number of hydrogen-bond acceptors (Lipinski definition) is 4. The van der Waals surface area contributed by atoms with Crippen molar-refractivity contribution < 1.29 is 24.3 Å². The highest BCUT2D eigenvalue weighted by atomic mass is 16.4. The average Bonchev–Trinajstić information content (AvgIpc) is 2.84. The van der Waals surface area contributed by atoms with Crippen LogP contribution in [0.25, 0.3) is 0 Å². The van der Waals surface area contributed by atoms with Gasteiger partial charge >= 0.3 is 5.97 Å². The molecule has 3 aliphatic rings. The van der Waals surface area contributed by atoms with Crippen molar-refractivity contribution in [1.29, 1.82) is 0 Å². The van der Waals surface area contributed by atoms with E-state index in [-0.39, 0.29) is 29.6 Å². The van der Waals surface area contributed by atoms with Crippen molar-refractivity contribution >= 4 is 29.4 Å². The summed E-state index contributed by atoms with van der Waals surface area (Å²) in [5.41, 5.74) is 0.166. The lowest BCUT2D eigenvalue weighted by atomic mass is 9.45. The number of rotatable bonds is 5. The van der Waals surface area contributed by atoms with Gasteiger partial charge in [0.05, 0.1) is 5.92 Å². The summed E-state index contributed by atoms with van der Waals surface area (Å²) in [6.07, 6.45) is 4.63. The fraction of sp³-hybridized carbons (Fsp3) is 0.500. The van der Waals surface area contributed by atoms with Crippen molar-refractivity contribution in [2.45, 2.75) is 44.9 Å². The maximum atomic E-state index is 12.6. The number of hydrogen-bond donors (Lipinski definition) is 3. The van der Waals surface area contributed by atoms with Gasteiger partial charge in [0.2, 0.25) is 17.7 Å². The molecule has 3 amide bonds. The van der Waals surface area contributed by atoms with E-state index in [1.807, 2.05) is 0 Å². The van der Waals surface area contributed by atoms with Crippen LogP contribution in [0, 0.1) is 16.7 Å². The van der Waals surface area contributed by atoms with Crippen molar-refractivity contribution in [2.24, 2.45) is 16.7 Å². The number of carboxylic acids is 1. The molecule has 27 heavy (non-hydrogen) atoms. The summed E-state index contributed by atoms with van der Waals surface area (Å²) < 4.78 is 0. The summed E-state index contributed by atoms with van der Waals surface area (Å²) in [6, 6.07) is 6.98. The molecule has 3 fully saturated rings. The first-order valence-electron chi connectivity index (χ1n) is 9.30. The predicted octanol–water partition coefficient (Wildman–Crippen LogP) is 1.87. The van der Waals surface area contributed by atoms with Crippen molar-refractivity contribution in [3.63, 3.8) is 0 Å². The molecular weight excluding hydrogens is 348 g/mol. The number of benzene rings is 1. The van der Waals surface area contributed by atoms with Gasteiger partial charge in [-0.3, -0.25) is 24.5 Å². The van der Waals surface area contributed by atoms with Gasteiger partial charge in [-0.1, -0.05) is 18.6 Å². The number of aliphatic carboxylic acids is 1. The van der Waals surface area contributed by atoms with Gasteiger partial charge in [0.15, 0.2) is 0 Å². The van der Waals surface area contributed by atoms with Crippen LogP contribution in [0.5, 0.6) is 0 Å². The Morgan fingerprint density at radius 1 is 1.15 bits per heavy atom. The highest BCUT2D eigenvalue weighted by molar-refractivity contribution is 6.09. The summed E-state index contributed by atoms with van der Waals surface area (Å²) in [5, 5.41) is 14.6. The molecule has 3 N–H and O–H groups in total. The summed E-state index contributed by atoms with van der Waals surface area (Å²) in [4.78, 5) is 47.3. The van der Waals surface area contributed by atoms with Crippen LogP contribution in [0.1, 0.15) is 44.1 Å². The zero-order valence-corrected chi connectivity index (χ0v) is 14.9. The third-order valence-electron chi connectivity index (χ3n) is 6.37. The van der Waals surface area contributed by atoms with Gasteiger partial charge < -0.3 is 10.4 Å². The Balaban J connectivity index is 1.39. The number of carbonyl (C=O) groups is 4. The first-order chi connectivity index (χ1) is 12.8.